The predicted octanol–water partition coefficient (Wildman–Crippen LogP) is 4.92. The molecule has 2 N–H and O–H groups in total. The Hall–Kier alpha value is -2.16. The molecule has 0 aliphatic carbocycles. The van der Waals surface area contributed by atoms with E-state index in [0.29, 0.717) is 0 Å². The van der Waals surface area contributed by atoms with Crippen molar-refractivity contribution in [1.82, 2.24) is 0 Å². The molecule has 0 aliphatic heterocycles. The van der Waals surface area contributed by atoms with Crippen LogP contribution in [-0.4, -0.2) is 0 Å². The Labute approximate surface area is 114 Å². The quantitative estimate of drug-likeness (QED) is 0.599. The van der Waals surface area contributed by atoms with E-state index in [2.05, 4.69) is 29.3 Å². The van der Waals surface area contributed by atoms with Gasteiger partial charge in [0.25, 0.3) is 0 Å². The summed E-state index contributed by atoms with van der Waals surface area (Å²) in [6.45, 7) is 8.06. The maximum atomic E-state index is 5.93. The van der Waals surface area contributed by atoms with Crippen LogP contribution in [0.15, 0.2) is 40.6 Å². The van der Waals surface area contributed by atoms with Crippen molar-refractivity contribution in [1.29, 1.82) is 0 Å². The molecule has 0 heterocycles. The fourth-order valence-electron chi connectivity index (χ4n) is 1.95. The monoisotopic (exact) mass is 253 g/mol. The average molecular weight is 253 g/mol. The number of hydrogen-bond acceptors (Lipinski definition) is 3. The lowest BCUT2D eigenvalue weighted by molar-refractivity contribution is 1.19. The molecule has 3 heteroatoms. The van der Waals surface area contributed by atoms with Crippen molar-refractivity contribution >= 4 is 17.1 Å². The first-order valence-corrected chi connectivity index (χ1v) is 6.33. The summed E-state index contributed by atoms with van der Waals surface area (Å²) in [5.74, 6) is 0. The molecule has 0 amide bonds. The summed E-state index contributed by atoms with van der Waals surface area (Å²) in [7, 11) is 0. The van der Waals surface area contributed by atoms with Crippen LogP contribution in [0.2, 0.25) is 0 Å². The lowest BCUT2D eigenvalue weighted by Gasteiger charge is -2.05. The number of anilines is 1. The summed E-state index contributed by atoms with van der Waals surface area (Å²) in [6, 6.07) is 10.1. The number of rotatable bonds is 2. The first-order chi connectivity index (χ1) is 8.97. The number of nitrogens with zero attached hydrogens (tertiary/aromatic N) is 2. The van der Waals surface area contributed by atoms with Gasteiger partial charge in [-0.3, -0.25) is 0 Å². The van der Waals surface area contributed by atoms with Crippen molar-refractivity contribution in [2.24, 2.45) is 10.2 Å². The molecule has 0 aromatic heterocycles. The second kappa shape index (κ2) is 5.22. The lowest BCUT2D eigenvalue weighted by atomic mass is 10.1. The average Bonchev–Trinajstić information content (AvgIpc) is 2.37. The zero-order valence-electron chi connectivity index (χ0n) is 11.9. The number of azo groups is 1. The standard InChI is InChI=1S/C16H19N3/c1-10-5-6-11(2)15(7-10)19-18-14-8-12(3)16(17)13(4)9-14/h5-9H,17H2,1-4H3. The van der Waals surface area contributed by atoms with Crippen LogP contribution in [0.3, 0.4) is 0 Å². The van der Waals surface area contributed by atoms with Gasteiger partial charge in [0.05, 0.1) is 11.4 Å². The van der Waals surface area contributed by atoms with Gasteiger partial charge in [-0.15, -0.1) is 0 Å². The predicted molar refractivity (Wildman–Crippen MR) is 80.4 cm³/mol. The fourth-order valence-corrected chi connectivity index (χ4v) is 1.95. The van der Waals surface area contributed by atoms with E-state index in [0.717, 1.165) is 33.8 Å². The van der Waals surface area contributed by atoms with Crippen molar-refractivity contribution in [2.45, 2.75) is 27.7 Å². The Bertz CT molecular complexity index is 619. The Balaban J connectivity index is 2.35. The van der Waals surface area contributed by atoms with Gasteiger partial charge in [-0.05, 0) is 68.1 Å². The molecule has 2 rings (SSSR count). The normalized spacial score (nSPS) is 11.2. The van der Waals surface area contributed by atoms with E-state index in [-0.39, 0.29) is 0 Å². The summed E-state index contributed by atoms with van der Waals surface area (Å²) in [4.78, 5) is 0. The fraction of sp³-hybridized carbons (Fsp3) is 0.250. The van der Waals surface area contributed by atoms with Crippen LogP contribution in [0.25, 0.3) is 0 Å². The highest BCUT2D eigenvalue weighted by molar-refractivity contribution is 5.60. The third-order valence-electron chi connectivity index (χ3n) is 3.22. The van der Waals surface area contributed by atoms with Gasteiger partial charge in [0.1, 0.15) is 0 Å². The first kappa shape index (κ1) is 13.3. The van der Waals surface area contributed by atoms with E-state index < -0.39 is 0 Å². The third-order valence-corrected chi connectivity index (χ3v) is 3.22. The summed E-state index contributed by atoms with van der Waals surface area (Å²) in [5.41, 5.74) is 12.9. The van der Waals surface area contributed by atoms with Gasteiger partial charge in [0.2, 0.25) is 0 Å². The van der Waals surface area contributed by atoms with E-state index in [4.69, 9.17) is 5.73 Å². The lowest BCUT2D eigenvalue weighted by Crippen LogP contribution is -1.92. The molecule has 98 valence electrons. The maximum absolute atomic E-state index is 5.93. The van der Waals surface area contributed by atoms with Gasteiger partial charge in [-0.1, -0.05) is 12.1 Å². The van der Waals surface area contributed by atoms with E-state index >= 15 is 0 Å². The van der Waals surface area contributed by atoms with Crippen LogP contribution in [0.4, 0.5) is 17.1 Å². The van der Waals surface area contributed by atoms with Crippen LogP contribution in [0.1, 0.15) is 22.3 Å². The first-order valence-electron chi connectivity index (χ1n) is 6.33. The molecular weight excluding hydrogens is 234 g/mol. The molecule has 0 atom stereocenters. The SMILES string of the molecule is Cc1ccc(C)c(N=Nc2cc(C)c(N)c(C)c2)c1. The highest BCUT2D eigenvalue weighted by Crippen LogP contribution is 2.27. The van der Waals surface area contributed by atoms with Gasteiger partial charge in [-0.2, -0.15) is 10.2 Å². The maximum Gasteiger partial charge on any atom is 0.0888 e. The molecule has 0 saturated heterocycles. The molecule has 2 aromatic carbocycles. The van der Waals surface area contributed by atoms with Crippen molar-refractivity contribution < 1.29 is 0 Å². The summed E-state index contributed by atoms with van der Waals surface area (Å²) < 4.78 is 0. The molecule has 0 aliphatic rings. The van der Waals surface area contributed by atoms with Crippen LogP contribution in [-0.2, 0) is 0 Å². The number of benzene rings is 2. The molecule has 0 saturated carbocycles. The number of aryl methyl sites for hydroxylation is 4. The zero-order chi connectivity index (χ0) is 14.0. The molecule has 0 unspecified atom stereocenters. The second-order valence-electron chi connectivity index (χ2n) is 4.98. The zero-order valence-corrected chi connectivity index (χ0v) is 11.9. The highest BCUT2D eigenvalue weighted by Gasteiger charge is 2.01. The minimum Gasteiger partial charge on any atom is -0.398 e. The summed E-state index contributed by atoms with van der Waals surface area (Å²) in [6.07, 6.45) is 0. The van der Waals surface area contributed by atoms with Crippen LogP contribution < -0.4 is 5.73 Å². The van der Waals surface area contributed by atoms with Crippen molar-refractivity contribution in [3.8, 4) is 0 Å². The summed E-state index contributed by atoms with van der Waals surface area (Å²) in [5, 5.41) is 8.64. The van der Waals surface area contributed by atoms with Gasteiger partial charge in [0, 0.05) is 5.69 Å². The molecule has 0 bridgehead atoms. The molecular formula is C16H19N3. The molecule has 0 spiro atoms. The van der Waals surface area contributed by atoms with Crippen molar-refractivity contribution in [2.75, 3.05) is 5.73 Å². The minimum absolute atomic E-state index is 0.825. The molecule has 3 nitrogen and oxygen atoms in total. The third kappa shape index (κ3) is 2.99. The Kier molecular flexibility index (Phi) is 3.65. The van der Waals surface area contributed by atoms with Gasteiger partial charge >= 0.3 is 0 Å². The van der Waals surface area contributed by atoms with Crippen LogP contribution >= 0.6 is 0 Å². The van der Waals surface area contributed by atoms with Gasteiger partial charge in [0.15, 0.2) is 0 Å². The van der Waals surface area contributed by atoms with Crippen LogP contribution in [0.5, 0.6) is 0 Å². The number of nitrogens with two attached hydrogens (primary N) is 1. The molecule has 0 fully saturated rings. The van der Waals surface area contributed by atoms with E-state index in [1.807, 2.05) is 39.0 Å². The Morgan fingerprint density at radius 3 is 2.05 bits per heavy atom. The minimum atomic E-state index is 0.825. The second-order valence-corrected chi connectivity index (χ2v) is 4.98. The topological polar surface area (TPSA) is 50.7 Å². The number of hydrogen-bond donors (Lipinski definition) is 1. The number of nitrogen functional groups attached to an aromatic ring is 1. The van der Waals surface area contributed by atoms with Crippen molar-refractivity contribution in [3.05, 3.63) is 52.6 Å². The Morgan fingerprint density at radius 1 is 0.789 bits per heavy atom. The smallest absolute Gasteiger partial charge is 0.0888 e. The van der Waals surface area contributed by atoms with Gasteiger partial charge in [-0.25, -0.2) is 0 Å². The van der Waals surface area contributed by atoms with E-state index in [1.54, 1.807) is 0 Å². The molecule has 2 aromatic rings. The van der Waals surface area contributed by atoms with Crippen molar-refractivity contribution in [3.63, 3.8) is 0 Å². The molecule has 0 radical (unpaired) electrons. The van der Waals surface area contributed by atoms with Gasteiger partial charge < -0.3 is 5.73 Å². The van der Waals surface area contributed by atoms with Crippen LogP contribution in [0, 0.1) is 27.7 Å². The molecule has 19 heavy (non-hydrogen) atoms. The summed E-state index contributed by atoms with van der Waals surface area (Å²) >= 11 is 0. The van der Waals surface area contributed by atoms with E-state index in [9.17, 15) is 0 Å². The largest absolute Gasteiger partial charge is 0.398 e. The highest BCUT2D eigenvalue weighted by atomic mass is 15.1. The Morgan fingerprint density at radius 2 is 1.42 bits per heavy atom. The van der Waals surface area contributed by atoms with E-state index in [1.165, 1.54) is 5.56 Å².